The molecular weight excluding hydrogens is 276 g/mol. The molecule has 1 amide bonds. The monoisotopic (exact) mass is 292 g/mol. The van der Waals surface area contributed by atoms with Crippen molar-refractivity contribution in [1.29, 1.82) is 0 Å². The molecule has 0 aliphatic carbocycles. The fourth-order valence-corrected chi connectivity index (χ4v) is 2.16. The summed E-state index contributed by atoms with van der Waals surface area (Å²) in [6.45, 7) is 5.95. The first-order chi connectivity index (χ1) is 9.49. The number of anilines is 1. The first-order valence-corrected chi connectivity index (χ1v) is 6.78. The Morgan fingerprint density at radius 2 is 2.20 bits per heavy atom. The highest BCUT2D eigenvalue weighted by molar-refractivity contribution is 6.32. The molecule has 0 spiro atoms. The van der Waals surface area contributed by atoms with Gasteiger partial charge in [-0.15, -0.1) is 11.6 Å². The van der Waals surface area contributed by atoms with Gasteiger partial charge in [0.2, 0.25) is 5.91 Å². The van der Waals surface area contributed by atoms with Crippen LogP contribution in [-0.2, 0) is 11.5 Å². The molecule has 2 aromatic rings. The van der Waals surface area contributed by atoms with E-state index in [-0.39, 0.29) is 5.91 Å². The second kappa shape index (κ2) is 6.05. The van der Waals surface area contributed by atoms with Crippen LogP contribution in [-0.4, -0.2) is 26.0 Å². The zero-order valence-corrected chi connectivity index (χ0v) is 12.5. The molecule has 1 aromatic carbocycles. The van der Waals surface area contributed by atoms with Crippen LogP contribution in [0.4, 0.5) is 5.69 Å². The van der Waals surface area contributed by atoms with Gasteiger partial charge in [0.1, 0.15) is 24.7 Å². The number of benzene rings is 1. The molecule has 0 radical (unpaired) electrons. The van der Waals surface area contributed by atoms with Crippen LogP contribution in [0, 0.1) is 13.8 Å². The van der Waals surface area contributed by atoms with Crippen molar-refractivity contribution in [2.75, 3.05) is 4.90 Å². The highest BCUT2D eigenvalue weighted by Gasteiger charge is 2.22. The molecule has 1 atom stereocenters. The molecular formula is C14H17ClN4O. The lowest BCUT2D eigenvalue weighted by Crippen LogP contribution is -2.37. The smallest absolute Gasteiger partial charge is 0.246 e. The zero-order valence-electron chi connectivity index (χ0n) is 11.7. The van der Waals surface area contributed by atoms with Crippen LogP contribution in [0.2, 0.25) is 0 Å². The van der Waals surface area contributed by atoms with E-state index in [4.69, 9.17) is 11.6 Å². The van der Waals surface area contributed by atoms with Gasteiger partial charge in [0.15, 0.2) is 0 Å². The van der Waals surface area contributed by atoms with E-state index in [1.165, 1.54) is 6.33 Å². The highest BCUT2D eigenvalue weighted by atomic mass is 35.5. The standard InChI is InChI=1S/C14H17ClN4O/c1-10-4-5-13(11(2)6-10)19(14(20)12(3)15)9-18-8-16-7-17-18/h4-8,12H,9H2,1-3H3. The summed E-state index contributed by atoms with van der Waals surface area (Å²) in [5, 5.41) is 3.44. The van der Waals surface area contributed by atoms with Crippen LogP contribution < -0.4 is 4.90 Å². The van der Waals surface area contributed by atoms with Crippen LogP contribution in [0.5, 0.6) is 0 Å². The Hall–Kier alpha value is -1.88. The maximum absolute atomic E-state index is 12.3. The van der Waals surface area contributed by atoms with Crippen molar-refractivity contribution >= 4 is 23.2 Å². The van der Waals surface area contributed by atoms with Crippen molar-refractivity contribution < 1.29 is 4.79 Å². The van der Waals surface area contributed by atoms with Gasteiger partial charge in [-0.1, -0.05) is 17.7 Å². The Balaban J connectivity index is 2.37. The molecule has 0 N–H and O–H groups in total. The second-order valence-electron chi connectivity index (χ2n) is 4.75. The first-order valence-electron chi connectivity index (χ1n) is 6.34. The van der Waals surface area contributed by atoms with Gasteiger partial charge in [-0.05, 0) is 32.4 Å². The fourth-order valence-electron chi connectivity index (χ4n) is 2.04. The van der Waals surface area contributed by atoms with Crippen molar-refractivity contribution in [2.45, 2.75) is 32.8 Å². The lowest BCUT2D eigenvalue weighted by Gasteiger charge is -2.25. The number of nitrogens with zero attached hydrogens (tertiary/aromatic N) is 4. The summed E-state index contributed by atoms with van der Waals surface area (Å²) in [6.07, 6.45) is 3.01. The number of alkyl halides is 1. The Morgan fingerprint density at radius 1 is 1.45 bits per heavy atom. The number of carbonyl (C=O) groups is 1. The van der Waals surface area contributed by atoms with E-state index in [9.17, 15) is 4.79 Å². The quantitative estimate of drug-likeness (QED) is 0.814. The topological polar surface area (TPSA) is 51.0 Å². The average molecular weight is 293 g/mol. The van der Waals surface area contributed by atoms with Crippen molar-refractivity contribution in [3.63, 3.8) is 0 Å². The van der Waals surface area contributed by atoms with Gasteiger partial charge >= 0.3 is 0 Å². The van der Waals surface area contributed by atoms with Gasteiger partial charge < -0.3 is 0 Å². The Bertz CT molecular complexity index is 595. The van der Waals surface area contributed by atoms with Crippen molar-refractivity contribution in [2.24, 2.45) is 0 Å². The Labute approximate surface area is 123 Å². The van der Waals surface area contributed by atoms with Crippen molar-refractivity contribution in [3.05, 3.63) is 42.0 Å². The molecule has 1 heterocycles. The van der Waals surface area contributed by atoms with Gasteiger partial charge in [-0.3, -0.25) is 9.69 Å². The number of hydrogen-bond donors (Lipinski definition) is 0. The minimum atomic E-state index is -0.598. The molecule has 1 unspecified atom stereocenters. The molecule has 5 nitrogen and oxygen atoms in total. The number of hydrogen-bond acceptors (Lipinski definition) is 3. The lowest BCUT2D eigenvalue weighted by molar-refractivity contribution is -0.118. The number of aryl methyl sites for hydroxylation is 2. The third kappa shape index (κ3) is 3.17. The minimum absolute atomic E-state index is 0.158. The first kappa shape index (κ1) is 14.5. The summed E-state index contributed by atoms with van der Waals surface area (Å²) < 4.78 is 1.59. The summed E-state index contributed by atoms with van der Waals surface area (Å²) in [5.41, 5.74) is 3.01. The van der Waals surface area contributed by atoms with Crippen LogP contribution in [0.3, 0.4) is 0 Å². The number of aromatic nitrogens is 3. The molecule has 106 valence electrons. The second-order valence-corrected chi connectivity index (χ2v) is 5.40. The van der Waals surface area contributed by atoms with E-state index in [1.54, 1.807) is 22.8 Å². The van der Waals surface area contributed by atoms with Gasteiger partial charge in [-0.25, -0.2) is 9.67 Å². The number of halogens is 1. The molecule has 20 heavy (non-hydrogen) atoms. The van der Waals surface area contributed by atoms with Crippen LogP contribution >= 0.6 is 11.6 Å². The minimum Gasteiger partial charge on any atom is -0.291 e. The summed E-state index contributed by atoms with van der Waals surface area (Å²) in [6, 6.07) is 5.94. The van der Waals surface area contributed by atoms with E-state index < -0.39 is 5.38 Å². The Kier molecular flexibility index (Phi) is 4.39. The molecule has 6 heteroatoms. The molecule has 0 saturated heterocycles. The highest BCUT2D eigenvalue weighted by Crippen LogP contribution is 2.23. The third-order valence-electron chi connectivity index (χ3n) is 3.00. The third-order valence-corrected chi connectivity index (χ3v) is 3.19. The Morgan fingerprint density at radius 3 is 2.75 bits per heavy atom. The molecule has 0 aliphatic rings. The fraction of sp³-hybridized carbons (Fsp3) is 0.357. The predicted molar refractivity (Wildman–Crippen MR) is 78.7 cm³/mol. The van der Waals surface area contributed by atoms with Crippen molar-refractivity contribution in [1.82, 2.24) is 14.8 Å². The van der Waals surface area contributed by atoms with Gasteiger partial charge in [-0.2, -0.15) is 5.10 Å². The summed E-state index contributed by atoms with van der Waals surface area (Å²) in [5.74, 6) is -0.158. The molecule has 0 aliphatic heterocycles. The van der Waals surface area contributed by atoms with Gasteiger partial charge in [0.25, 0.3) is 0 Å². The summed E-state index contributed by atoms with van der Waals surface area (Å²) >= 11 is 5.96. The van der Waals surface area contributed by atoms with Gasteiger partial charge in [0.05, 0.1) is 0 Å². The molecule has 0 fully saturated rings. The lowest BCUT2D eigenvalue weighted by atomic mass is 10.1. The van der Waals surface area contributed by atoms with E-state index in [2.05, 4.69) is 10.1 Å². The van der Waals surface area contributed by atoms with Gasteiger partial charge in [0, 0.05) is 5.69 Å². The van der Waals surface area contributed by atoms with E-state index in [1.807, 2.05) is 32.0 Å². The van der Waals surface area contributed by atoms with Crippen LogP contribution in [0.25, 0.3) is 0 Å². The molecule has 0 bridgehead atoms. The number of rotatable bonds is 4. The zero-order chi connectivity index (χ0) is 14.7. The number of amides is 1. The molecule has 2 rings (SSSR count). The molecule has 0 saturated carbocycles. The largest absolute Gasteiger partial charge is 0.291 e. The normalized spacial score (nSPS) is 12.2. The SMILES string of the molecule is Cc1ccc(N(Cn2cncn2)C(=O)C(C)Cl)c(C)c1. The van der Waals surface area contributed by atoms with E-state index in [0.29, 0.717) is 6.67 Å². The average Bonchev–Trinajstić information content (AvgIpc) is 2.88. The predicted octanol–water partition coefficient (Wildman–Crippen LogP) is 2.51. The van der Waals surface area contributed by atoms with Crippen LogP contribution in [0.1, 0.15) is 18.1 Å². The van der Waals surface area contributed by atoms with Crippen molar-refractivity contribution in [3.8, 4) is 0 Å². The number of carbonyl (C=O) groups excluding carboxylic acids is 1. The van der Waals surface area contributed by atoms with E-state index in [0.717, 1.165) is 16.8 Å². The van der Waals surface area contributed by atoms with E-state index >= 15 is 0 Å². The van der Waals surface area contributed by atoms with Crippen LogP contribution in [0.15, 0.2) is 30.9 Å². The summed E-state index contributed by atoms with van der Waals surface area (Å²) in [4.78, 5) is 17.9. The maximum atomic E-state index is 12.3. The summed E-state index contributed by atoms with van der Waals surface area (Å²) in [7, 11) is 0. The maximum Gasteiger partial charge on any atom is 0.246 e. The molecule has 1 aromatic heterocycles.